The molecule has 27 heavy (non-hydrogen) atoms. The maximum Gasteiger partial charge on any atom is 0.258 e. The van der Waals surface area contributed by atoms with Crippen LogP contribution in [0.5, 0.6) is 0 Å². The lowest BCUT2D eigenvalue weighted by atomic mass is 10.0. The van der Waals surface area contributed by atoms with Crippen molar-refractivity contribution in [1.82, 2.24) is 10.2 Å². The number of hydrogen-bond acceptors (Lipinski definition) is 6. The van der Waals surface area contributed by atoms with Crippen molar-refractivity contribution in [3.63, 3.8) is 0 Å². The molecule has 2 aromatic carbocycles. The van der Waals surface area contributed by atoms with Gasteiger partial charge in [0.25, 0.3) is 5.91 Å². The second-order valence-electron chi connectivity index (χ2n) is 5.58. The van der Waals surface area contributed by atoms with Crippen LogP contribution in [0.15, 0.2) is 72.1 Å². The van der Waals surface area contributed by atoms with E-state index in [1.165, 1.54) is 22.7 Å². The van der Waals surface area contributed by atoms with E-state index >= 15 is 0 Å². The summed E-state index contributed by atoms with van der Waals surface area (Å²) in [6.07, 6.45) is 0. The molecule has 0 unspecified atom stereocenters. The first-order valence-electron chi connectivity index (χ1n) is 8.10. The Morgan fingerprint density at radius 1 is 0.815 bits per heavy atom. The molecule has 132 valence electrons. The molecule has 2 aromatic heterocycles. The predicted octanol–water partition coefficient (Wildman–Crippen LogP) is 4.75. The van der Waals surface area contributed by atoms with Crippen LogP contribution < -0.4 is 5.32 Å². The second-order valence-corrected chi connectivity index (χ2v) is 7.51. The monoisotopic (exact) mass is 391 g/mol. The van der Waals surface area contributed by atoms with Gasteiger partial charge < -0.3 is 0 Å². The molecular formula is C20H13N3O2S2. The number of amides is 1. The summed E-state index contributed by atoms with van der Waals surface area (Å²) in [5.74, 6) is -0.552. The van der Waals surface area contributed by atoms with Gasteiger partial charge in [-0.15, -0.1) is 21.5 Å². The third-order valence-electron chi connectivity index (χ3n) is 3.83. The van der Waals surface area contributed by atoms with Gasteiger partial charge in [-0.3, -0.25) is 14.9 Å². The Bertz CT molecular complexity index is 1090. The van der Waals surface area contributed by atoms with Gasteiger partial charge in [0.2, 0.25) is 10.9 Å². The summed E-state index contributed by atoms with van der Waals surface area (Å²) >= 11 is 2.63. The molecule has 1 amide bonds. The third-order valence-corrected chi connectivity index (χ3v) is 5.58. The summed E-state index contributed by atoms with van der Waals surface area (Å²) in [5, 5.41) is 13.8. The Hall–Kier alpha value is -3.16. The molecule has 0 saturated carbocycles. The molecule has 7 heteroatoms. The highest BCUT2D eigenvalue weighted by molar-refractivity contribution is 7.18. The van der Waals surface area contributed by atoms with Crippen molar-refractivity contribution in [2.45, 2.75) is 0 Å². The molecule has 4 aromatic rings. The van der Waals surface area contributed by atoms with Crippen molar-refractivity contribution in [2.75, 3.05) is 5.32 Å². The van der Waals surface area contributed by atoms with E-state index in [0.717, 1.165) is 5.56 Å². The Morgan fingerprint density at radius 3 is 2.30 bits per heavy atom. The minimum atomic E-state index is -0.383. The van der Waals surface area contributed by atoms with Crippen LogP contribution in [-0.2, 0) is 0 Å². The van der Waals surface area contributed by atoms with Gasteiger partial charge in [-0.25, -0.2) is 0 Å². The number of ketones is 1. The van der Waals surface area contributed by atoms with E-state index < -0.39 is 0 Å². The average molecular weight is 391 g/mol. The fourth-order valence-electron chi connectivity index (χ4n) is 2.56. The number of aromatic nitrogens is 2. The molecule has 2 heterocycles. The lowest BCUT2D eigenvalue weighted by Gasteiger charge is -2.07. The molecule has 0 aliphatic heterocycles. The number of hydrogen-bond donors (Lipinski definition) is 1. The fraction of sp³-hybridized carbons (Fsp3) is 0. The van der Waals surface area contributed by atoms with Gasteiger partial charge in [-0.2, -0.15) is 0 Å². The topological polar surface area (TPSA) is 72.0 Å². The molecule has 4 rings (SSSR count). The maximum atomic E-state index is 12.7. The standard InChI is InChI=1S/C20H13N3O2S2/c24-17(16-11-6-12-26-16)14-9-4-5-10-15(14)18(25)21-20-23-22-19(27-20)13-7-2-1-3-8-13/h1-12H,(H,21,23,25). The van der Waals surface area contributed by atoms with Gasteiger partial charge in [0.1, 0.15) is 5.01 Å². The van der Waals surface area contributed by atoms with Crippen molar-refractivity contribution < 1.29 is 9.59 Å². The first-order valence-corrected chi connectivity index (χ1v) is 9.79. The number of benzene rings is 2. The fourth-order valence-corrected chi connectivity index (χ4v) is 3.98. The van der Waals surface area contributed by atoms with Crippen LogP contribution in [0.2, 0.25) is 0 Å². The number of anilines is 1. The van der Waals surface area contributed by atoms with Gasteiger partial charge >= 0.3 is 0 Å². The van der Waals surface area contributed by atoms with Crippen LogP contribution in [0.25, 0.3) is 10.6 Å². The van der Waals surface area contributed by atoms with E-state index in [1.54, 1.807) is 30.3 Å². The Balaban J connectivity index is 1.58. The second kappa shape index (κ2) is 7.61. The zero-order valence-corrected chi connectivity index (χ0v) is 15.6. The number of nitrogens with zero attached hydrogens (tertiary/aromatic N) is 2. The summed E-state index contributed by atoms with van der Waals surface area (Å²) in [5.41, 5.74) is 1.61. The van der Waals surface area contributed by atoms with Gasteiger partial charge in [-0.1, -0.05) is 65.9 Å². The summed E-state index contributed by atoms with van der Waals surface area (Å²) in [6, 6.07) is 20.0. The number of nitrogens with one attached hydrogen (secondary N) is 1. The van der Waals surface area contributed by atoms with E-state index in [9.17, 15) is 9.59 Å². The van der Waals surface area contributed by atoms with Gasteiger partial charge in [0, 0.05) is 11.1 Å². The molecule has 0 aliphatic carbocycles. The molecule has 5 nitrogen and oxygen atoms in total. The quantitative estimate of drug-likeness (QED) is 0.498. The maximum absolute atomic E-state index is 12.7. The van der Waals surface area contributed by atoms with Crippen LogP contribution in [0, 0.1) is 0 Å². The molecule has 0 aliphatic rings. The van der Waals surface area contributed by atoms with Crippen LogP contribution in [0.4, 0.5) is 5.13 Å². The first kappa shape index (κ1) is 17.3. The summed E-state index contributed by atoms with van der Waals surface area (Å²) in [6.45, 7) is 0. The van der Waals surface area contributed by atoms with Crippen molar-refractivity contribution in [3.05, 3.63) is 88.1 Å². The molecule has 0 fully saturated rings. The van der Waals surface area contributed by atoms with E-state index in [-0.39, 0.29) is 11.7 Å². The number of carbonyl (C=O) groups excluding carboxylic acids is 2. The minimum Gasteiger partial charge on any atom is -0.296 e. The molecule has 0 saturated heterocycles. The Kier molecular flexibility index (Phi) is 4.86. The van der Waals surface area contributed by atoms with Gasteiger partial charge in [0.15, 0.2) is 0 Å². The van der Waals surface area contributed by atoms with Crippen molar-refractivity contribution in [1.29, 1.82) is 0 Å². The highest BCUT2D eigenvalue weighted by atomic mass is 32.1. The van der Waals surface area contributed by atoms with Crippen LogP contribution >= 0.6 is 22.7 Å². The first-order chi connectivity index (χ1) is 13.2. The molecule has 1 N–H and O–H groups in total. The summed E-state index contributed by atoms with van der Waals surface area (Å²) in [7, 11) is 0. The Morgan fingerprint density at radius 2 is 1.56 bits per heavy atom. The zero-order valence-electron chi connectivity index (χ0n) is 14.0. The summed E-state index contributed by atoms with van der Waals surface area (Å²) in [4.78, 5) is 26.0. The van der Waals surface area contributed by atoms with Gasteiger partial charge in [-0.05, 0) is 17.5 Å². The van der Waals surface area contributed by atoms with Crippen molar-refractivity contribution >= 4 is 39.5 Å². The Labute approximate surface area is 163 Å². The lowest BCUT2D eigenvalue weighted by molar-refractivity contribution is 0.0997. The molecule has 0 bridgehead atoms. The van der Waals surface area contributed by atoms with E-state index in [2.05, 4.69) is 15.5 Å². The molecular weight excluding hydrogens is 378 g/mol. The number of thiophene rings is 1. The van der Waals surface area contributed by atoms with Crippen LogP contribution in [0.3, 0.4) is 0 Å². The minimum absolute atomic E-state index is 0.169. The smallest absolute Gasteiger partial charge is 0.258 e. The van der Waals surface area contributed by atoms with Crippen molar-refractivity contribution in [2.24, 2.45) is 0 Å². The van der Waals surface area contributed by atoms with E-state index in [1.807, 2.05) is 41.8 Å². The largest absolute Gasteiger partial charge is 0.296 e. The van der Waals surface area contributed by atoms with Crippen LogP contribution in [0.1, 0.15) is 25.6 Å². The van der Waals surface area contributed by atoms with Crippen molar-refractivity contribution in [3.8, 4) is 10.6 Å². The molecule has 0 spiro atoms. The average Bonchev–Trinajstić information content (AvgIpc) is 3.40. The third kappa shape index (κ3) is 3.69. The highest BCUT2D eigenvalue weighted by Crippen LogP contribution is 2.26. The van der Waals surface area contributed by atoms with E-state index in [0.29, 0.717) is 26.1 Å². The zero-order chi connectivity index (χ0) is 18.6. The molecule has 0 radical (unpaired) electrons. The summed E-state index contributed by atoms with van der Waals surface area (Å²) < 4.78 is 0. The highest BCUT2D eigenvalue weighted by Gasteiger charge is 2.19. The number of rotatable bonds is 5. The lowest BCUT2D eigenvalue weighted by Crippen LogP contribution is -2.16. The van der Waals surface area contributed by atoms with Crippen LogP contribution in [-0.4, -0.2) is 21.9 Å². The normalized spacial score (nSPS) is 10.5. The molecule has 0 atom stereocenters. The van der Waals surface area contributed by atoms with Gasteiger partial charge in [0.05, 0.1) is 10.4 Å². The predicted molar refractivity (Wildman–Crippen MR) is 107 cm³/mol. The SMILES string of the molecule is O=C(Nc1nnc(-c2ccccc2)s1)c1ccccc1C(=O)c1cccs1. The number of carbonyl (C=O) groups is 2. The van der Waals surface area contributed by atoms with E-state index in [4.69, 9.17) is 0 Å².